The molecule has 0 radical (unpaired) electrons. The molecule has 6 heteroatoms. The minimum atomic E-state index is -0.714. The first-order chi connectivity index (χ1) is 6.90. The van der Waals surface area contributed by atoms with Crippen LogP contribution in [0.5, 0.6) is 0 Å². The summed E-state index contributed by atoms with van der Waals surface area (Å²) in [6.07, 6.45) is 0.429. The second kappa shape index (κ2) is 6.00. The minimum Gasteiger partial charge on any atom is -0.368 e. The molecule has 4 N–H and O–H groups in total. The molecule has 0 bridgehead atoms. The van der Waals surface area contributed by atoms with Gasteiger partial charge in [-0.25, -0.2) is 0 Å². The van der Waals surface area contributed by atoms with E-state index in [9.17, 15) is 14.4 Å². The summed E-state index contributed by atoms with van der Waals surface area (Å²) in [5.41, 5.74) is 5.12. The number of hydrogen-bond donors (Lipinski definition) is 3. The highest BCUT2D eigenvalue weighted by Gasteiger charge is 2.23. The summed E-state index contributed by atoms with van der Waals surface area (Å²) in [6, 6.07) is -1.39. The van der Waals surface area contributed by atoms with Crippen LogP contribution in [0.3, 0.4) is 0 Å². The lowest BCUT2D eigenvalue weighted by Crippen LogP contribution is -2.52. The number of amides is 3. The van der Waals surface area contributed by atoms with Crippen molar-refractivity contribution in [2.45, 2.75) is 32.9 Å². The predicted octanol–water partition coefficient (Wildman–Crippen LogP) is -1.25. The van der Waals surface area contributed by atoms with Gasteiger partial charge in [-0.15, -0.1) is 0 Å². The van der Waals surface area contributed by atoms with Crippen LogP contribution >= 0.6 is 0 Å². The van der Waals surface area contributed by atoms with E-state index in [1.54, 1.807) is 13.8 Å². The third kappa shape index (κ3) is 4.44. The van der Waals surface area contributed by atoms with Gasteiger partial charge in [0.15, 0.2) is 0 Å². The fourth-order valence-corrected chi connectivity index (χ4v) is 1.02. The number of nitrogens with one attached hydrogen (secondary N) is 2. The molecule has 0 aromatic carbocycles. The molecule has 0 rings (SSSR count). The Morgan fingerprint density at radius 3 is 2.13 bits per heavy atom. The van der Waals surface area contributed by atoms with E-state index in [0.717, 1.165) is 0 Å². The van der Waals surface area contributed by atoms with E-state index in [2.05, 4.69) is 10.6 Å². The van der Waals surface area contributed by atoms with Gasteiger partial charge in [0, 0.05) is 0 Å². The van der Waals surface area contributed by atoms with Crippen LogP contribution in [0.1, 0.15) is 20.8 Å². The maximum Gasteiger partial charge on any atom is 0.242 e. The van der Waals surface area contributed by atoms with Gasteiger partial charge in [0.1, 0.15) is 12.1 Å². The largest absolute Gasteiger partial charge is 0.368 e. The van der Waals surface area contributed by atoms with E-state index >= 15 is 0 Å². The summed E-state index contributed by atoms with van der Waals surface area (Å²) in [5.74, 6) is -1.11. The quantitative estimate of drug-likeness (QED) is 0.482. The summed E-state index contributed by atoms with van der Waals surface area (Å²) in [6.45, 7) is 5.06. The molecular formula is C9H17N3O3. The number of carbonyl (C=O) groups excluding carboxylic acids is 3. The zero-order valence-electron chi connectivity index (χ0n) is 9.11. The van der Waals surface area contributed by atoms with E-state index in [1.807, 2.05) is 0 Å². The molecule has 0 unspecified atom stereocenters. The van der Waals surface area contributed by atoms with Crippen molar-refractivity contribution in [2.24, 2.45) is 11.7 Å². The SMILES string of the molecule is CC(C)[C@H](NC(=O)[C@H](C)NC=O)C(N)=O. The van der Waals surface area contributed by atoms with Crippen LogP contribution < -0.4 is 16.4 Å². The second-order valence-electron chi connectivity index (χ2n) is 3.64. The fourth-order valence-electron chi connectivity index (χ4n) is 1.02. The Morgan fingerprint density at radius 2 is 1.80 bits per heavy atom. The summed E-state index contributed by atoms with van der Waals surface area (Å²) in [7, 11) is 0. The number of hydrogen-bond acceptors (Lipinski definition) is 3. The van der Waals surface area contributed by atoms with Crippen LogP contribution in [0.15, 0.2) is 0 Å². The van der Waals surface area contributed by atoms with Crippen LogP contribution in [0.4, 0.5) is 0 Å². The normalized spacial score (nSPS) is 14.1. The average molecular weight is 215 g/mol. The van der Waals surface area contributed by atoms with Crippen molar-refractivity contribution in [3.05, 3.63) is 0 Å². The lowest BCUT2D eigenvalue weighted by molar-refractivity contribution is -0.130. The molecule has 0 heterocycles. The van der Waals surface area contributed by atoms with Crippen LogP contribution in [0.25, 0.3) is 0 Å². The second-order valence-corrected chi connectivity index (χ2v) is 3.64. The fraction of sp³-hybridized carbons (Fsp3) is 0.667. The Kier molecular flexibility index (Phi) is 5.36. The number of rotatable bonds is 6. The van der Waals surface area contributed by atoms with Crippen molar-refractivity contribution >= 4 is 18.2 Å². The highest BCUT2D eigenvalue weighted by molar-refractivity contribution is 5.89. The van der Waals surface area contributed by atoms with E-state index in [4.69, 9.17) is 5.73 Å². The van der Waals surface area contributed by atoms with Gasteiger partial charge >= 0.3 is 0 Å². The average Bonchev–Trinajstić information content (AvgIpc) is 2.12. The Balaban J connectivity index is 4.35. The number of carbonyl (C=O) groups is 3. The van der Waals surface area contributed by atoms with Gasteiger partial charge in [-0.2, -0.15) is 0 Å². The summed E-state index contributed by atoms with van der Waals surface area (Å²) >= 11 is 0. The molecule has 0 aliphatic rings. The standard InChI is InChI=1S/C9H17N3O3/c1-5(2)7(8(10)14)12-9(15)6(3)11-4-13/h4-7H,1-3H3,(H2,10,14)(H,11,13)(H,12,15)/t6-,7-/m0/s1. The van der Waals surface area contributed by atoms with E-state index in [-0.39, 0.29) is 5.92 Å². The van der Waals surface area contributed by atoms with E-state index < -0.39 is 23.9 Å². The Bertz CT molecular complexity index is 253. The maximum absolute atomic E-state index is 11.4. The molecule has 0 aromatic heterocycles. The summed E-state index contributed by atoms with van der Waals surface area (Å²) in [5, 5.41) is 4.75. The predicted molar refractivity (Wildman–Crippen MR) is 54.6 cm³/mol. The third-order valence-electron chi connectivity index (χ3n) is 1.98. The smallest absolute Gasteiger partial charge is 0.242 e. The van der Waals surface area contributed by atoms with Gasteiger partial charge in [-0.3, -0.25) is 14.4 Å². The lowest BCUT2D eigenvalue weighted by atomic mass is 10.0. The van der Waals surface area contributed by atoms with Gasteiger partial charge < -0.3 is 16.4 Å². The molecule has 2 atom stereocenters. The van der Waals surface area contributed by atoms with Crippen LogP contribution in [0.2, 0.25) is 0 Å². The van der Waals surface area contributed by atoms with Gasteiger partial charge in [0.2, 0.25) is 18.2 Å². The molecule has 0 saturated heterocycles. The Labute approximate surface area is 88.6 Å². The van der Waals surface area contributed by atoms with E-state index in [1.165, 1.54) is 6.92 Å². The van der Waals surface area contributed by atoms with Crippen LogP contribution in [0, 0.1) is 5.92 Å². The third-order valence-corrected chi connectivity index (χ3v) is 1.98. The first-order valence-corrected chi connectivity index (χ1v) is 4.69. The van der Waals surface area contributed by atoms with Crippen molar-refractivity contribution in [1.82, 2.24) is 10.6 Å². The summed E-state index contributed by atoms with van der Waals surface area (Å²) < 4.78 is 0. The molecule has 0 spiro atoms. The first-order valence-electron chi connectivity index (χ1n) is 4.69. The molecule has 6 nitrogen and oxygen atoms in total. The molecular weight excluding hydrogens is 198 g/mol. The number of primary amides is 1. The zero-order valence-corrected chi connectivity index (χ0v) is 9.11. The molecule has 86 valence electrons. The van der Waals surface area contributed by atoms with Crippen LogP contribution in [-0.2, 0) is 14.4 Å². The highest BCUT2D eigenvalue weighted by Crippen LogP contribution is 2.00. The van der Waals surface area contributed by atoms with E-state index in [0.29, 0.717) is 6.41 Å². The monoisotopic (exact) mass is 215 g/mol. The van der Waals surface area contributed by atoms with Gasteiger partial charge in [0.25, 0.3) is 0 Å². The topological polar surface area (TPSA) is 101 Å². The minimum absolute atomic E-state index is 0.0881. The maximum atomic E-state index is 11.4. The first kappa shape index (κ1) is 13.4. The molecule has 0 fully saturated rings. The Hall–Kier alpha value is -1.59. The molecule has 0 aromatic rings. The van der Waals surface area contributed by atoms with Crippen molar-refractivity contribution in [3.63, 3.8) is 0 Å². The number of nitrogens with two attached hydrogens (primary N) is 1. The molecule has 0 aliphatic heterocycles. The van der Waals surface area contributed by atoms with Crippen molar-refractivity contribution in [1.29, 1.82) is 0 Å². The lowest BCUT2D eigenvalue weighted by Gasteiger charge is -2.20. The Morgan fingerprint density at radius 1 is 1.27 bits per heavy atom. The van der Waals surface area contributed by atoms with Crippen molar-refractivity contribution < 1.29 is 14.4 Å². The van der Waals surface area contributed by atoms with Gasteiger partial charge in [0.05, 0.1) is 0 Å². The molecule has 15 heavy (non-hydrogen) atoms. The van der Waals surface area contributed by atoms with Crippen molar-refractivity contribution in [3.8, 4) is 0 Å². The molecule has 0 aliphatic carbocycles. The summed E-state index contributed by atoms with van der Waals surface area (Å²) in [4.78, 5) is 32.5. The van der Waals surface area contributed by atoms with Crippen molar-refractivity contribution in [2.75, 3.05) is 0 Å². The van der Waals surface area contributed by atoms with Gasteiger partial charge in [-0.05, 0) is 12.8 Å². The highest BCUT2D eigenvalue weighted by atomic mass is 16.2. The molecule has 3 amide bonds. The zero-order chi connectivity index (χ0) is 12.0. The molecule has 0 saturated carbocycles. The van der Waals surface area contributed by atoms with Crippen LogP contribution in [-0.4, -0.2) is 30.3 Å². The van der Waals surface area contributed by atoms with Gasteiger partial charge in [-0.1, -0.05) is 13.8 Å².